The van der Waals surface area contributed by atoms with Crippen LogP contribution < -0.4 is 0 Å². The molecule has 6 nitrogen and oxygen atoms in total. The van der Waals surface area contributed by atoms with Gasteiger partial charge in [0.05, 0.1) is 0 Å². The minimum absolute atomic E-state index is 0.413. The van der Waals surface area contributed by atoms with Crippen molar-refractivity contribution in [3.05, 3.63) is 12.7 Å². The Hall–Kier alpha value is -1.75. The van der Waals surface area contributed by atoms with E-state index in [4.69, 9.17) is 0 Å². The Balaban J connectivity index is 3.30. The molecule has 2 atom stereocenters. The number of esters is 2. The fourth-order valence-electron chi connectivity index (χ4n) is 1.68. The molecule has 2 unspecified atom stereocenters. The van der Waals surface area contributed by atoms with Gasteiger partial charge in [0.2, 0.25) is 5.60 Å². The summed E-state index contributed by atoms with van der Waals surface area (Å²) in [4.78, 5) is 21.8. The summed E-state index contributed by atoms with van der Waals surface area (Å²) >= 11 is 0. The fraction of sp³-hybridized carbons (Fsp3) is 0.636. The molecule has 0 radical (unpaired) electrons. The highest BCUT2D eigenvalue weighted by atomic mass is 19.4. The largest absolute Gasteiger partial charge is 0.461 e. The molecule has 0 spiro atoms. The zero-order valence-electron chi connectivity index (χ0n) is 11.1. The molecule has 0 aromatic carbocycles. The van der Waals surface area contributed by atoms with Crippen molar-refractivity contribution in [3.63, 3.8) is 0 Å². The highest BCUT2D eigenvalue weighted by Crippen LogP contribution is 2.54. The lowest BCUT2D eigenvalue weighted by molar-refractivity contribution is -0.410. The molecular formula is C11H11F5O6. The Morgan fingerprint density at radius 2 is 1.95 bits per heavy atom. The van der Waals surface area contributed by atoms with Crippen LogP contribution in [0, 0.1) is 0 Å². The van der Waals surface area contributed by atoms with Gasteiger partial charge in [0.1, 0.15) is 13.2 Å². The summed E-state index contributed by atoms with van der Waals surface area (Å²) < 4.78 is 78.6. The first-order valence-electron chi connectivity index (χ1n) is 5.62. The van der Waals surface area contributed by atoms with Gasteiger partial charge in [0.15, 0.2) is 0 Å². The van der Waals surface area contributed by atoms with Gasteiger partial charge in [-0.15, -0.1) is 0 Å². The number of rotatable bonds is 4. The van der Waals surface area contributed by atoms with Gasteiger partial charge in [0, 0.05) is 13.0 Å². The molecule has 0 saturated carbocycles. The first-order valence-corrected chi connectivity index (χ1v) is 5.62. The van der Waals surface area contributed by atoms with Crippen molar-refractivity contribution in [2.45, 2.75) is 30.4 Å². The number of aliphatic hydroxyl groups is 1. The molecule has 0 amide bonds. The van der Waals surface area contributed by atoms with Crippen LogP contribution in [0.1, 0.15) is 6.92 Å². The minimum Gasteiger partial charge on any atom is -0.461 e. The molecule has 1 heterocycles. The lowest BCUT2D eigenvalue weighted by Gasteiger charge is -2.36. The molecule has 11 heteroatoms. The second-order valence-corrected chi connectivity index (χ2v) is 4.40. The average molecular weight is 334 g/mol. The van der Waals surface area contributed by atoms with E-state index in [9.17, 15) is 36.6 Å². The molecule has 126 valence electrons. The van der Waals surface area contributed by atoms with Crippen molar-refractivity contribution in [2.24, 2.45) is 0 Å². The number of alkyl halides is 5. The Kier molecular flexibility index (Phi) is 4.55. The van der Waals surface area contributed by atoms with E-state index in [2.05, 4.69) is 20.8 Å². The second-order valence-electron chi connectivity index (χ2n) is 4.40. The molecule has 1 aliphatic rings. The normalized spacial score (nSPS) is 30.7. The van der Waals surface area contributed by atoms with Gasteiger partial charge in [-0.2, -0.15) is 22.0 Å². The monoisotopic (exact) mass is 334 g/mol. The number of carbonyl (C=O) groups is 2. The third-order valence-electron chi connectivity index (χ3n) is 2.87. The Morgan fingerprint density at radius 1 is 1.41 bits per heavy atom. The van der Waals surface area contributed by atoms with E-state index < -0.39 is 48.6 Å². The molecule has 0 bridgehead atoms. The van der Waals surface area contributed by atoms with E-state index in [1.54, 1.807) is 0 Å². The van der Waals surface area contributed by atoms with Crippen LogP contribution in [0.5, 0.6) is 0 Å². The van der Waals surface area contributed by atoms with E-state index in [-0.39, 0.29) is 0 Å². The molecule has 1 N–H and O–H groups in total. The van der Waals surface area contributed by atoms with E-state index in [1.807, 2.05) is 0 Å². The maximum Gasteiger partial charge on any atom is 0.449 e. The third-order valence-corrected chi connectivity index (χ3v) is 2.87. The van der Waals surface area contributed by atoms with Crippen LogP contribution in [-0.2, 0) is 23.8 Å². The average Bonchev–Trinajstić information content (AvgIpc) is 2.58. The highest BCUT2D eigenvalue weighted by Gasteiger charge is 2.84. The van der Waals surface area contributed by atoms with Crippen molar-refractivity contribution >= 4 is 11.9 Å². The Morgan fingerprint density at radius 3 is 2.32 bits per heavy atom. The first-order chi connectivity index (χ1) is 9.83. The summed E-state index contributed by atoms with van der Waals surface area (Å²) in [6, 6.07) is 0. The van der Waals surface area contributed by atoms with Crippen LogP contribution in [0.4, 0.5) is 22.0 Å². The number of carbonyl (C=O) groups excluding carboxylic acids is 2. The van der Waals surface area contributed by atoms with Gasteiger partial charge in [-0.05, 0) is 0 Å². The maximum absolute atomic E-state index is 14.2. The van der Waals surface area contributed by atoms with Crippen LogP contribution in [-0.4, -0.2) is 53.7 Å². The molecular weight excluding hydrogens is 323 g/mol. The van der Waals surface area contributed by atoms with Crippen LogP contribution in [0.15, 0.2) is 12.7 Å². The summed E-state index contributed by atoms with van der Waals surface area (Å²) in [6.45, 7) is 0.704. The predicted molar refractivity (Wildman–Crippen MR) is 57.6 cm³/mol. The van der Waals surface area contributed by atoms with Crippen LogP contribution >= 0.6 is 0 Å². The summed E-state index contributed by atoms with van der Waals surface area (Å²) in [5, 5.41) is 9.19. The van der Waals surface area contributed by atoms with Crippen LogP contribution in [0.3, 0.4) is 0 Å². The Bertz CT molecular complexity index is 490. The standard InChI is InChI=1S/C11H11F5O6/c1-3-7(18)22-8(4-20-6(2)17)5-21-10(19,9(8,12)13)11(14,15)16/h3,19H,1,4-5H2,2H3. The maximum atomic E-state index is 14.2. The zero-order chi connectivity index (χ0) is 17.4. The van der Waals surface area contributed by atoms with E-state index in [0.29, 0.717) is 6.08 Å². The molecule has 1 rings (SSSR count). The zero-order valence-corrected chi connectivity index (χ0v) is 11.1. The van der Waals surface area contributed by atoms with Gasteiger partial charge in [-0.1, -0.05) is 6.58 Å². The topological polar surface area (TPSA) is 82.1 Å². The number of hydrogen-bond donors (Lipinski definition) is 1. The predicted octanol–water partition coefficient (Wildman–Crippen LogP) is 0.934. The lowest BCUT2D eigenvalue weighted by Crippen LogP contribution is -2.65. The van der Waals surface area contributed by atoms with Gasteiger partial charge < -0.3 is 19.3 Å². The summed E-state index contributed by atoms with van der Waals surface area (Å²) in [5.41, 5.74) is -3.35. The van der Waals surface area contributed by atoms with E-state index in [1.165, 1.54) is 0 Å². The summed E-state index contributed by atoms with van der Waals surface area (Å²) in [6.07, 6.45) is -5.48. The minimum atomic E-state index is -5.89. The SMILES string of the molecule is C=CC(=O)OC1(COC(C)=O)COC(O)(C(F)(F)F)C1(F)F. The van der Waals surface area contributed by atoms with Crippen molar-refractivity contribution < 1.29 is 50.9 Å². The van der Waals surface area contributed by atoms with Gasteiger partial charge in [-0.25, -0.2) is 4.79 Å². The molecule has 1 fully saturated rings. The lowest BCUT2D eigenvalue weighted by atomic mass is 9.93. The van der Waals surface area contributed by atoms with E-state index >= 15 is 0 Å². The highest BCUT2D eigenvalue weighted by molar-refractivity contribution is 5.81. The molecule has 22 heavy (non-hydrogen) atoms. The first kappa shape index (κ1) is 18.3. The second kappa shape index (κ2) is 5.47. The fourth-order valence-corrected chi connectivity index (χ4v) is 1.68. The number of hydrogen-bond acceptors (Lipinski definition) is 6. The smallest absolute Gasteiger partial charge is 0.449 e. The van der Waals surface area contributed by atoms with Crippen LogP contribution in [0.2, 0.25) is 0 Å². The molecule has 0 aromatic heterocycles. The number of ether oxygens (including phenoxy) is 3. The van der Waals surface area contributed by atoms with Crippen LogP contribution in [0.25, 0.3) is 0 Å². The summed E-state index contributed by atoms with van der Waals surface area (Å²) in [5.74, 6) is -12.7. The van der Waals surface area contributed by atoms with Gasteiger partial charge in [0.25, 0.3) is 0 Å². The van der Waals surface area contributed by atoms with Crippen molar-refractivity contribution in [2.75, 3.05) is 13.2 Å². The van der Waals surface area contributed by atoms with Crippen molar-refractivity contribution in [3.8, 4) is 0 Å². The molecule has 0 aliphatic carbocycles. The third kappa shape index (κ3) is 2.65. The van der Waals surface area contributed by atoms with Crippen molar-refractivity contribution in [1.82, 2.24) is 0 Å². The Labute approximate surface area is 120 Å². The molecule has 1 saturated heterocycles. The summed E-state index contributed by atoms with van der Waals surface area (Å²) in [7, 11) is 0. The molecule has 0 aromatic rings. The quantitative estimate of drug-likeness (QED) is 0.468. The van der Waals surface area contributed by atoms with Gasteiger partial charge in [-0.3, -0.25) is 4.79 Å². The number of halogens is 5. The van der Waals surface area contributed by atoms with Crippen molar-refractivity contribution in [1.29, 1.82) is 0 Å². The van der Waals surface area contributed by atoms with E-state index in [0.717, 1.165) is 6.92 Å². The van der Waals surface area contributed by atoms with Gasteiger partial charge >= 0.3 is 29.8 Å². The molecule has 1 aliphatic heterocycles.